The number of phenols is 1. The molecule has 5 aliphatic rings. The fourth-order valence-electron chi connectivity index (χ4n) is 8.23. The number of piperidine rings is 3. The summed E-state index contributed by atoms with van der Waals surface area (Å²) in [7, 11) is 0. The van der Waals surface area contributed by atoms with Crippen LogP contribution in [0, 0.1) is 11.8 Å². The second-order valence-corrected chi connectivity index (χ2v) is 14.0. The topological polar surface area (TPSA) is 130 Å². The van der Waals surface area contributed by atoms with Crippen molar-refractivity contribution in [2.45, 2.75) is 82.3 Å². The van der Waals surface area contributed by atoms with E-state index in [1.54, 1.807) is 0 Å². The zero-order valence-electron chi connectivity index (χ0n) is 27.5. The number of phenolic OH excluding ortho intramolecular Hbond substituents is 1. The van der Waals surface area contributed by atoms with E-state index in [-0.39, 0.29) is 60.0 Å². The van der Waals surface area contributed by atoms with E-state index in [9.17, 15) is 20.1 Å². The fraction of sp³-hybridized carbons (Fsp3) is 0.639. The van der Waals surface area contributed by atoms with E-state index in [2.05, 4.69) is 17.6 Å². The highest BCUT2D eigenvalue weighted by atomic mass is 79.9. The molecule has 0 aromatic heterocycles. The van der Waals surface area contributed by atoms with Gasteiger partial charge in [0.2, 0.25) is 0 Å². The molecular weight excluding hydrogens is 666 g/mol. The number of nitrogens with one attached hydrogen (secondary N) is 2. The lowest BCUT2D eigenvalue weighted by Gasteiger charge is -2.53. The van der Waals surface area contributed by atoms with E-state index in [1.807, 2.05) is 30.3 Å². The molecule has 4 fully saturated rings. The lowest BCUT2D eigenvalue weighted by Crippen LogP contribution is -3.00. The standard InChI is InChI=1S/C36H51N3O7.BrH/c1-2-8-34(37-21-31(41)29-19-28(40)20-30-35(29)45-23-33(42)38-30)44-18-17-39-15-13-25(14-16-39)32(22-39)46-24-36(43,27-11-6-7-12-27)26-9-4-3-5-10-26;/h3-5,9-10,19-20,25,27,31-32,34,37,41,43H,2,6-8,11-18,21-24H2,1H3,(H-,38,40,42);1H/t25?,31-,32-,34?,36+,39?;/m0./s1. The predicted octanol–water partition coefficient (Wildman–Crippen LogP) is 1.20. The minimum Gasteiger partial charge on any atom is -1.00 e. The Morgan fingerprint density at radius 1 is 1.13 bits per heavy atom. The largest absolute Gasteiger partial charge is 1.00 e. The number of nitrogens with zero attached hydrogens (tertiary/aromatic N) is 1. The van der Waals surface area contributed by atoms with E-state index >= 15 is 0 Å². The Bertz CT molecular complexity index is 1320. The van der Waals surface area contributed by atoms with Gasteiger partial charge >= 0.3 is 0 Å². The average Bonchev–Trinajstić information content (AvgIpc) is 3.62. The van der Waals surface area contributed by atoms with Crippen LogP contribution in [0.3, 0.4) is 0 Å². The zero-order valence-corrected chi connectivity index (χ0v) is 29.1. The minimum atomic E-state index is -0.960. The molecule has 4 heterocycles. The molecular formula is C36H52BrN3O7. The second-order valence-electron chi connectivity index (χ2n) is 14.0. The van der Waals surface area contributed by atoms with Gasteiger partial charge in [-0.05, 0) is 36.8 Å². The highest BCUT2D eigenvalue weighted by molar-refractivity contribution is 5.96. The molecule has 2 aromatic carbocycles. The van der Waals surface area contributed by atoms with Crippen LogP contribution in [0.2, 0.25) is 0 Å². The average molecular weight is 719 g/mol. The lowest BCUT2D eigenvalue weighted by molar-refractivity contribution is -0.946. The number of aromatic hydroxyl groups is 1. The van der Waals surface area contributed by atoms with Gasteiger partial charge in [-0.1, -0.05) is 56.5 Å². The van der Waals surface area contributed by atoms with Crippen LogP contribution in [-0.2, 0) is 19.9 Å². The van der Waals surface area contributed by atoms with Gasteiger partial charge in [0.05, 0.1) is 38.1 Å². The highest BCUT2D eigenvalue weighted by Gasteiger charge is 2.48. The van der Waals surface area contributed by atoms with Crippen molar-refractivity contribution in [1.29, 1.82) is 0 Å². The van der Waals surface area contributed by atoms with Crippen LogP contribution < -0.4 is 32.4 Å². The first kappa shape index (κ1) is 36.0. The van der Waals surface area contributed by atoms with Gasteiger partial charge in [0, 0.05) is 36.9 Å². The molecule has 0 radical (unpaired) electrons. The molecule has 47 heavy (non-hydrogen) atoms. The number of carbonyl (C=O) groups excluding carboxylic acids is 1. The van der Waals surface area contributed by atoms with Crippen LogP contribution in [0.4, 0.5) is 5.69 Å². The minimum absolute atomic E-state index is 0. The van der Waals surface area contributed by atoms with Crippen molar-refractivity contribution < 1.29 is 55.8 Å². The maximum Gasteiger partial charge on any atom is 0.262 e. The van der Waals surface area contributed by atoms with Crippen molar-refractivity contribution >= 4 is 11.6 Å². The van der Waals surface area contributed by atoms with E-state index in [1.165, 1.54) is 25.0 Å². The first-order valence-corrected chi connectivity index (χ1v) is 17.4. The van der Waals surface area contributed by atoms with Gasteiger partial charge in [-0.3, -0.25) is 10.1 Å². The molecule has 1 aliphatic carbocycles. The number of fused-ring (bicyclic) bond motifs is 4. The number of aliphatic hydroxyl groups is 2. The van der Waals surface area contributed by atoms with Crippen LogP contribution in [0.25, 0.3) is 0 Å². The molecule has 260 valence electrons. The SMILES string of the molecule is CCCC(NC[C@H](O)c1cc(O)cc2c1OCC(=O)N2)OCC[N+]12CCC(CC1)[C@@H](OC[C@@](O)(c1ccccc1)C1CCCC1)C2.[Br-]. The summed E-state index contributed by atoms with van der Waals surface area (Å²) in [4.78, 5) is 11.7. The maximum atomic E-state index is 12.0. The molecule has 2 aromatic rings. The van der Waals surface area contributed by atoms with Crippen molar-refractivity contribution in [1.82, 2.24) is 5.32 Å². The number of aliphatic hydroxyl groups excluding tert-OH is 1. The summed E-state index contributed by atoms with van der Waals surface area (Å²) in [5, 5.41) is 39.3. The third kappa shape index (κ3) is 8.32. The lowest BCUT2D eigenvalue weighted by atomic mass is 9.80. The molecule has 1 amide bonds. The number of hydrogen-bond donors (Lipinski definition) is 5. The first-order chi connectivity index (χ1) is 22.3. The number of halogens is 1. The van der Waals surface area contributed by atoms with Gasteiger partial charge in [0.1, 0.15) is 42.5 Å². The third-order valence-electron chi connectivity index (χ3n) is 10.9. The van der Waals surface area contributed by atoms with Crippen molar-refractivity contribution in [3.63, 3.8) is 0 Å². The van der Waals surface area contributed by atoms with E-state index in [0.717, 1.165) is 74.8 Å². The monoisotopic (exact) mass is 717 g/mol. The Morgan fingerprint density at radius 3 is 2.60 bits per heavy atom. The van der Waals surface area contributed by atoms with Crippen molar-refractivity contribution in [2.75, 3.05) is 57.9 Å². The van der Waals surface area contributed by atoms with Crippen LogP contribution in [0.1, 0.15) is 75.5 Å². The van der Waals surface area contributed by atoms with Crippen LogP contribution in [-0.4, -0.2) is 90.6 Å². The Hall–Kier alpha value is -2.25. The number of rotatable bonds is 15. The Labute approximate surface area is 289 Å². The predicted molar refractivity (Wildman–Crippen MR) is 174 cm³/mol. The number of amides is 1. The third-order valence-corrected chi connectivity index (χ3v) is 10.9. The molecule has 1 unspecified atom stereocenters. The molecule has 2 bridgehead atoms. The molecule has 5 N–H and O–H groups in total. The molecule has 11 heteroatoms. The van der Waals surface area contributed by atoms with Crippen LogP contribution in [0.5, 0.6) is 11.5 Å². The Kier molecular flexibility index (Phi) is 12.2. The Morgan fingerprint density at radius 2 is 1.87 bits per heavy atom. The Balaban J connectivity index is 0.00000433. The van der Waals surface area contributed by atoms with Gasteiger partial charge in [-0.2, -0.15) is 0 Å². The summed E-state index contributed by atoms with van der Waals surface area (Å²) in [6, 6.07) is 13.0. The normalized spacial score (nSPS) is 26.4. The summed E-state index contributed by atoms with van der Waals surface area (Å²) in [5.74, 6) is 0.811. The smallest absolute Gasteiger partial charge is 0.262 e. The number of hydrogen-bond acceptors (Lipinski definition) is 8. The van der Waals surface area contributed by atoms with E-state index in [0.29, 0.717) is 36.1 Å². The number of benzene rings is 2. The molecule has 3 saturated heterocycles. The van der Waals surface area contributed by atoms with Gasteiger partial charge in [0.15, 0.2) is 6.61 Å². The summed E-state index contributed by atoms with van der Waals surface area (Å²) in [6.07, 6.45) is 7.38. The summed E-state index contributed by atoms with van der Waals surface area (Å²) < 4.78 is 19.6. The van der Waals surface area contributed by atoms with Gasteiger partial charge < -0.3 is 56.3 Å². The second kappa shape index (κ2) is 16.0. The summed E-state index contributed by atoms with van der Waals surface area (Å²) in [6.45, 7) is 7.24. The van der Waals surface area contributed by atoms with Gasteiger partial charge in [-0.25, -0.2) is 0 Å². The number of ether oxygens (including phenoxy) is 3. The molecule has 4 aliphatic heterocycles. The zero-order chi connectivity index (χ0) is 32.1. The van der Waals surface area contributed by atoms with E-state index < -0.39 is 11.7 Å². The van der Waals surface area contributed by atoms with Gasteiger partial charge in [0.25, 0.3) is 5.91 Å². The maximum absolute atomic E-state index is 12.0. The summed E-state index contributed by atoms with van der Waals surface area (Å²) in [5.41, 5.74) is 0.810. The quantitative estimate of drug-likeness (QED) is 0.137. The number of carbonyl (C=O) groups is 1. The highest BCUT2D eigenvalue weighted by Crippen LogP contribution is 2.43. The number of quaternary nitrogens is 1. The van der Waals surface area contributed by atoms with Gasteiger partial charge in [-0.15, -0.1) is 0 Å². The fourth-order valence-corrected chi connectivity index (χ4v) is 8.23. The van der Waals surface area contributed by atoms with Crippen LogP contribution >= 0.6 is 0 Å². The first-order valence-electron chi connectivity index (χ1n) is 17.4. The van der Waals surface area contributed by atoms with Crippen molar-refractivity contribution in [3.8, 4) is 11.5 Å². The molecule has 1 saturated carbocycles. The van der Waals surface area contributed by atoms with E-state index in [4.69, 9.17) is 14.2 Å². The molecule has 10 nitrogen and oxygen atoms in total. The number of anilines is 1. The van der Waals surface area contributed by atoms with Crippen molar-refractivity contribution in [3.05, 3.63) is 53.6 Å². The van der Waals surface area contributed by atoms with Crippen LogP contribution in [0.15, 0.2) is 42.5 Å². The molecule has 0 spiro atoms. The molecule has 7 rings (SSSR count). The molecule has 4 atom stereocenters. The van der Waals surface area contributed by atoms with Crippen molar-refractivity contribution in [2.24, 2.45) is 11.8 Å². The summed E-state index contributed by atoms with van der Waals surface area (Å²) >= 11 is 0.